The van der Waals surface area contributed by atoms with Gasteiger partial charge in [0, 0.05) is 12.1 Å². The number of aryl methyl sites for hydroxylation is 1. The molecule has 116 valence electrons. The van der Waals surface area contributed by atoms with Crippen LogP contribution in [0, 0.1) is 28.7 Å². The summed E-state index contributed by atoms with van der Waals surface area (Å²) >= 11 is 0. The summed E-state index contributed by atoms with van der Waals surface area (Å²) in [5.74, 6) is -2.93. The smallest absolute Gasteiger partial charge is 0.279 e. The van der Waals surface area contributed by atoms with Crippen LogP contribution < -0.4 is 4.72 Å². The molecule has 1 N–H and O–H groups in total. The minimum Gasteiger partial charge on any atom is -0.279 e. The van der Waals surface area contributed by atoms with Gasteiger partial charge in [-0.2, -0.15) is 8.78 Å². The molecular formula is C13H10F2N2O4S. The summed E-state index contributed by atoms with van der Waals surface area (Å²) < 4.78 is 53.1. The Kier molecular flexibility index (Phi) is 4.09. The second-order valence-corrected chi connectivity index (χ2v) is 6.15. The number of rotatable bonds is 4. The fraction of sp³-hybridized carbons (Fsp3) is 0.0769. The minimum absolute atomic E-state index is 0.0998. The predicted octanol–water partition coefficient (Wildman–Crippen LogP) is 2.98. The van der Waals surface area contributed by atoms with Crippen LogP contribution in [0.5, 0.6) is 0 Å². The fourth-order valence-corrected chi connectivity index (χ4v) is 2.77. The Balaban J connectivity index is 2.38. The summed E-state index contributed by atoms with van der Waals surface area (Å²) in [7, 11) is -4.05. The number of nitro benzene ring substituents is 1. The van der Waals surface area contributed by atoms with E-state index >= 15 is 0 Å². The van der Waals surface area contributed by atoms with Gasteiger partial charge < -0.3 is 0 Å². The molecule has 0 bridgehead atoms. The molecule has 0 radical (unpaired) electrons. The summed E-state index contributed by atoms with van der Waals surface area (Å²) in [5, 5.41) is 10.5. The quantitative estimate of drug-likeness (QED) is 0.690. The number of nitro groups is 1. The summed E-state index contributed by atoms with van der Waals surface area (Å²) in [6, 6.07) is 6.88. The van der Waals surface area contributed by atoms with Crippen molar-refractivity contribution in [3.05, 3.63) is 63.7 Å². The van der Waals surface area contributed by atoms with Crippen LogP contribution in [0.25, 0.3) is 0 Å². The van der Waals surface area contributed by atoms with Gasteiger partial charge in [0.1, 0.15) is 0 Å². The summed E-state index contributed by atoms with van der Waals surface area (Å²) in [4.78, 5) is 9.16. The Morgan fingerprint density at radius 2 is 1.59 bits per heavy atom. The van der Waals surface area contributed by atoms with Crippen LogP contribution in [0.2, 0.25) is 0 Å². The summed E-state index contributed by atoms with van der Waals surface area (Å²) in [6.07, 6.45) is 0. The molecule has 2 rings (SSSR count). The van der Waals surface area contributed by atoms with Gasteiger partial charge >= 0.3 is 5.69 Å². The van der Waals surface area contributed by atoms with E-state index in [1.165, 1.54) is 12.1 Å². The van der Waals surface area contributed by atoms with Gasteiger partial charge in [0.15, 0.2) is 0 Å². The number of nitrogens with zero attached hydrogens (tertiary/aromatic N) is 1. The molecule has 0 atom stereocenters. The molecule has 0 aliphatic heterocycles. The van der Waals surface area contributed by atoms with Gasteiger partial charge in [-0.3, -0.25) is 14.8 Å². The number of nitrogens with one attached hydrogen (secondary N) is 1. The van der Waals surface area contributed by atoms with E-state index in [1.54, 1.807) is 19.1 Å². The molecule has 0 saturated heterocycles. The Morgan fingerprint density at radius 3 is 2.05 bits per heavy atom. The highest BCUT2D eigenvalue weighted by molar-refractivity contribution is 7.92. The number of sulfonamides is 1. The fourth-order valence-electron chi connectivity index (χ4n) is 1.73. The molecule has 0 saturated carbocycles. The van der Waals surface area contributed by atoms with Crippen molar-refractivity contribution in [2.75, 3.05) is 4.72 Å². The van der Waals surface area contributed by atoms with E-state index in [0.717, 1.165) is 5.56 Å². The lowest BCUT2D eigenvalue weighted by atomic mass is 10.2. The second kappa shape index (κ2) is 5.68. The zero-order chi connectivity index (χ0) is 16.5. The summed E-state index contributed by atoms with van der Waals surface area (Å²) in [5.41, 5.74) is -0.939. The first-order valence-corrected chi connectivity index (χ1v) is 7.42. The van der Waals surface area contributed by atoms with Gasteiger partial charge in [-0.1, -0.05) is 17.7 Å². The van der Waals surface area contributed by atoms with E-state index in [1.807, 2.05) is 4.72 Å². The van der Waals surface area contributed by atoms with Gasteiger partial charge in [0.2, 0.25) is 11.6 Å². The Bertz CT molecular complexity index is 813. The molecule has 0 fully saturated rings. The first kappa shape index (κ1) is 15.8. The van der Waals surface area contributed by atoms with Crippen molar-refractivity contribution < 1.29 is 22.1 Å². The van der Waals surface area contributed by atoms with Crippen molar-refractivity contribution >= 4 is 21.4 Å². The average molecular weight is 328 g/mol. The molecule has 6 nitrogen and oxygen atoms in total. The third kappa shape index (κ3) is 3.19. The number of halogens is 2. The van der Waals surface area contributed by atoms with E-state index in [4.69, 9.17) is 0 Å². The van der Waals surface area contributed by atoms with Crippen molar-refractivity contribution in [3.8, 4) is 0 Å². The van der Waals surface area contributed by atoms with Crippen LogP contribution >= 0.6 is 0 Å². The minimum atomic E-state index is -4.05. The van der Waals surface area contributed by atoms with E-state index < -0.39 is 38.0 Å². The van der Waals surface area contributed by atoms with E-state index in [2.05, 4.69) is 0 Å². The van der Waals surface area contributed by atoms with E-state index in [-0.39, 0.29) is 4.90 Å². The number of hydrogen-bond acceptors (Lipinski definition) is 4. The molecule has 0 amide bonds. The predicted molar refractivity (Wildman–Crippen MR) is 75.0 cm³/mol. The highest BCUT2D eigenvalue weighted by atomic mass is 32.2. The molecule has 2 aromatic rings. The van der Waals surface area contributed by atoms with Gasteiger partial charge in [-0.15, -0.1) is 0 Å². The van der Waals surface area contributed by atoms with Gasteiger partial charge in [0.25, 0.3) is 10.0 Å². The molecule has 9 heteroatoms. The highest BCUT2D eigenvalue weighted by Gasteiger charge is 2.23. The lowest BCUT2D eigenvalue weighted by Gasteiger charge is -2.09. The Hall–Kier alpha value is -2.55. The van der Waals surface area contributed by atoms with Crippen LogP contribution in [-0.4, -0.2) is 13.3 Å². The first-order chi connectivity index (χ1) is 10.2. The maximum atomic E-state index is 13.5. The van der Waals surface area contributed by atoms with Gasteiger partial charge in [0.05, 0.1) is 15.5 Å². The lowest BCUT2D eigenvalue weighted by molar-refractivity contribution is -0.390. The lowest BCUT2D eigenvalue weighted by Crippen LogP contribution is -2.13. The molecule has 0 aromatic heterocycles. The maximum absolute atomic E-state index is 13.5. The number of hydrogen-bond donors (Lipinski definition) is 1. The zero-order valence-electron chi connectivity index (χ0n) is 11.2. The van der Waals surface area contributed by atoms with Crippen LogP contribution in [-0.2, 0) is 10.0 Å². The first-order valence-electron chi connectivity index (χ1n) is 5.93. The van der Waals surface area contributed by atoms with Crippen LogP contribution in [0.4, 0.5) is 20.2 Å². The van der Waals surface area contributed by atoms with Crippen molar-refractivity contribution in [2.45, 2.75) is 11.8 Å². The van der Waals surface area contributed by atoms with Gasteiger partial charge in [-0.05, 0) is 19.1 Å². The Labute approximate surface area is 124 Å². The number of benzene rings is 2. The van der Waals surface area contributed by atoms with Gasteiger partial charge in [-0.25, -0.2) is 8.42 Å². The van der Waals surface area contributed by atoms with Crippen molar-refractivity contribution in [1.82, 2.24) is 0 Å². The highest BCUT2D eigenvalue weighted by Crippen LogP contribution is 2.26. The second-order valence-electron chi connectivity index (χ2n) is 4.46. The van der Waals surface area contributed by atoms with Crippen molar-refractivity contribution in [2.24, 2.45) is 0 Å². The molecule has 2 aromatic carbocycles. The van der Waals surface area contributed by atoms with E-state index in [0.29, 0.717) is 12.1 Å². The third-order valence-electron chi connectivity index (χ3n) is 2.78. The molecular weight excluding hydrogens is 318 g/mol. The topological polar surface area (TPSA) is 89.3 Å². The van der Waals surface area contributed by atoms with Crippen LogP contribution in [0.15, 0.2) is 41.3 Å². The number of anilines is 1. The summed E-state index contributed by atoms with van der Waals surface area (Å²) in [6.45, 7) is 1.77. The van der Waals surface area contributed by atoms with Crippen LogP contribution in [0.3, 0.4) is 0 Å². The molecule has 22 heavy (non-hydrogen) atoms. The molecule has 0 heterocycles. The Morgan fingerprint density at radius 1 is 1.09 bits per heavy atom. The largest absolute Gasteiger partial charge is 0.340 e. The molecule has 0 aliphatic carbocycles. The molecule has 0 unspecified atom stereocenters. The normalized spacial score (nSPS) is 11.2. The molecule has 0 aliphatic rings. The van der Waals surface area contributed by atoms with Crippen molar-refractivity contribution in [3.63, 3.8) is 0 Å². The average Bonchev–Trinajstić information content (AvgIpc) is 2.37. The third-order valence-corrected chi connectivity index (χ3v) is 4.18. The maximum Gasteiger partial charge on any atom is 0.340 e. The zero-order valence-corrected chi connectivity index (χ0v) is 12.0. The standard InChI is InChI=1S/C13H10F2N2O4S/c1-8-2-4-10(5-3-8)22(20,21)16-9-6-11(14)13(17(18)19)12(15)7-9/h2-7,16H,1H3. The molecule has 0 spiro atoms. The van der Waals surface area contributed by atoms with Crippen molar-refractivity contribution in [1.29, 1.82) is 0 Å². The van der Waals surface area contributed by atoms with Crippen LogP contribution in [0.1, 0.15) is 5.56 Å². The monoisotopic (exact) mass is 328 g/mol. The SMILES string of the molecule is Cc1ccc(S(=O)(=O)Nc2cc(F)c([N+](=O)[O-])c(F)c2)cc1. The van der Waals surface area contributed by atoms with E-state index in [9.17, 15) is 27.3 Å².